The molecule has 0 aliphatic rings. The van der Waals surface area contributed by atoms with Crippen molar-refractivity contribution < 1.29 is 9.47 Å². The molecule has 0 aromatic heterocycles. The zero-order valence-corrected chi connectivity index (χ0v) is 10.2. The van der Waals surface area contributed by atoms with Crippen LogP contribution in [-0.4, -0.2) is 45.5 Å². The molecule has 5 heteroatoms. The summed E-state index contributed by atoms with van der Waals surface area (Å²) < 4.78 is 10.3. The highest BCUT2D eigenvalue weighted by Gasteiger charge is 2.00. The number of nitrogens with zero attached hydrogens (tertiary/aromatic N) is 1. The summed E-state index contributed by atoms with van der Waals surface area (Å²) in [6.07, 6.45) is 2.69. The second kappa shape index (κ2) is 10.4. The highest BCUT2D eigenvalue weighted by Crippen LogP contribution is 1.84. The second-order valence-corrected chi connectivity index (χ2v) is 3.46. The van der Waals surface area contributed by atoms with Crippen LogP contribution in [0.15, 0.2) is 17.6 Å². The van der Waals surface area contributed by atoms with Crippen LogP contribution in [0.25, 0.3) is 0 Å². The molecule has 0 fully saturated rings. The van der Waals surface area contributed by atoms with Crippen molar-refractivity contribution >= 4 is 5.96 Å². The van der Waals surface area contributed by atoms with Gasteiger partial charge < -0.3 is 20.5 Å². The zero-order valence-electron chi connectivity index (χ0n) is 10.2. The number of nitrogens with two attached hydrogens (primary N) is 1. The van der Waals surface area contributed by atoms with E-state index in [2.05, 4.69) is 16.9 Å². The Balaban J connectivity index is 3.50. The quantitative estimate of drug-likeness (QED) is 0.262. The summed E-state index contributed by atoms with van der Waals surface area (Å²) in [4.78, 5) is 4.12. The van der Waals surface area contributed by atoms with Crippen molar-refractivity contribution in [1.82, 2.24) is 5.32 Å². The average molecular weight is 229 g/mol. The van der Waals surface area contributed by atoms with Crippen molar-refractivity contribution in [1.29, 1.82) is 0 Å². The van der Waals surface area contributed by atoms with E-state index in [1.165, 1.54) is 0 Å². The molecule has 0 spiro atoms. The van der Waals surface area contributed by atoms with Crippen LogP contribution in [0.2, 0.25) is 0 Å². The Kier molecular flexibility index (Phi) is 9.75. The number of rotatable bonds is 9. The molecule has 16 heavy (non-hydrogen) atoms. The SMILES string of the molecule is C=CCCOCCN=C(N)NC(C)COC. The third-order valence-electron chi connectivity index (χ3n) is 1.80. The number of ether oxygens (including phenoxy) is 2. The van der Waals surface area contributed by atoms with Crippen molar-refractivity contribution in [3.05, 3.63) is 12.7 Å². The first-order valence-corrected chi connectivity index (χ1v) is 5.44. The van der Waals surface area contributed by atoms with Gasteiger partial charge in [0.1, 0.15) is 0 Å². The molecule has 1 unspecified atom stereocenters. The summed E-state index contributed by atoms with van der Waals surface area (Å²) in [7, 11) is 1.65. The first-order valence-electron chi connectivity index (χ1n) is 5.44. The van der Waals surface area contributed by atoms with Crippen LogP contribution in [0.3, 0.4) is 0 Å². The van der Waals surface area contributed by atoms with Gasteiger partial charge in [-0.15, -0.1) is 6.58 Å². The van der Waals surface area contributed by atoms with Gasteiger partial charge in [-0.1, -0.05) is 6.08 Å². The highest BCUT2D eigenvalue weighted by molar-refractivity contribution is 5.78. The second-order valence-electron chi connectivity index (χ2n) is 3.46. The zero-order chi connectivity index (χ0) is 12.2. The van der Waals surface area contributed by atoms with E-state index in [9.17, 15) is 0 Å². The van der Waals surface area contributed by atoms with E-state index in [0.717, 1.165) is 6.42 Å². The first-order chi connectivity index (χ1) is 7.70. The lowest BCUT2D eigenvalue weighted by atomic mass is 10.4. The summed E-state index contributed by atoms with van der Waals surface area (Å²) in [5.74, 6) is 0.428. The Labute approximate surface area is 97.7 Å². The minimum atomic E-state index is 0.162. The molecule has 0 radical (unpaired) electrons. The van der Waals surface area contributed by atoms with Crippen molar-refractivity contribution in [2.75, 3.05) is 33.5 Å². The molecule has 0 saturated heterocycles. The molecule has 3 N–H and O–H groups in total. The molecule has 0 aromatic carbocycles. The van der Waals surface area contributed by atoms with E-state index in [0.29, 0.717) is 32.3 Å². The molecule has 0 aliphatic heterocycles. The number of methoxy groups -OCH3 is 1. The molecular weight excluding hydrogens is 206 g/mol. The smallest absolute Gasteiger partial charge is 0.188 e. The highest BCUT2D eigenvalue weighted by atomic mass is 16.5. The van der Waals surface area contributed by atoms with Crippen LogP contribution in [0.5, 0.6) is 0 Å². The molecular formula is C11H23N3O2. The van der Waals surface area contributed by atoms with E-state index in [1.54, 1.807) is 7.11 Å². The maximum Gasteiger partial charge on any atom is 0.188 e. The number of guanidine groups is 1. The van der Waals surface area contributed by atoms with Crippen LogP contribution >= 0.6 is 0 Å². The first kappa shape index (κ1) is 14.9. The fraction of sp³-hybridized carbons (Fsp3) is 0.727. The minimum Gasteiger partial charge on any atom is -0.383 e. The Morgan fingerprint density at radius 1 is 1.56 bits per heavy atom. The number of nitrogens with one attached hydrogen (secondary N) is 1. The summed E-state index contributed by atoms with van der Waals surface area (Å²) >= 11 is 0. The van der Waals surface area contributed by atoms with E-state index in [-0.39, 0.29) is 6.04 Å². The van der Waals surface area contributed by atoms with E-state index in [4.69, 9.17) is 15.2 Å². The lowest BCUT2D eigenvalue weighted by Crippen LogP contribution is -2.40. The van der Waals surface area contributed by atoms with Crippen molar-refractivity contribution in [2.24, 2.45) is 10.7 Å². The normalized spacial score (nSPS) is 13.5. The minimum absolute atomic E-state index is 0.162. The van der Waals surface area contributed by atoms with Gasteiger partial charge in [0, 0.05) is 13.2 Å². The van der Waals surface area contributed by atoms with Gasteiger partial charge in [0.25, 0.3) is 0 Å². The Hall–Kier alpha value is -1.07. The lowest BCUT2D eigenvalue weighted by Gasteiger charge is -2.12. The molecule has 0 heterocycles. The van der Waals surface area contributed by atoms with Gasteiger partial charge in [-0.25, -0.2) is 0 Å². The van der Waals surface area contributed by atoms with E-state index >= 15 is 0 Å². The van der Waals surface area contributed by atoms with Gasteiger partial charge in [0.05, 0.1) is 26.4 Å². The molecule has 0 amide bonds. The van der Waals surface area contributed by atoms with Crippen molar-refractivity contribution in [2.45, 2.75) is 19.4 Å². The fourth-order valence-electron chi connectivity index (χ4n) is 1.09. The van der Waals surface area contributed by atoms with E-state index < -0.39 is 0 Å². The molecule has 0 saturated carbocycles. The molecule has 0 rings (SSSR count). The number of aliphatic imine (C=N–C) groups is 1. The lowest BCUT2D eigenvalue weighted by molar-refractivity contribution is 0.146. The van der Waals surface area contributed by atoms with Crippen LogP contribution in [0.4, 0.5) is 0 Å². The van der Waals surface area contributed by atoms with Crippen LogP contribution < -0.4 is 11.1 Å². The molecule has 94 valence electrons. The predicted molar refractivity (Wildman–Crippen MR) is 66.6 cm³/mol. The van der Waals surface area contributed by atoms with Crippen LogP contribution in [0, 0.1) is 0 Å². The van der Waals surface area contributed by atoms with Gasteiger partial charge in [0.2, 0.25) is 0 Å². The third kappa shape index (κ3) is 9.48. The number of hydrogen-bond donors (Lipinski definition) is 2. The maximum atomic E-state index is 5.66. The van der Waals surface area contributed by atoms with Gasteiger partial charge in [-0.2, -0.15) is 0 Å². The average Bonchev–Trinajstić information content (AvgIpc) is 2.23. The largest absolute Gasteiger partial charge is 0.383 e. The van der Waals surface area contributed by atoms with Crippen LogP contribution in [0.1, 0.15) is 13.3 Å². The monoisotopic (exact) mass is 229 g/mol. The third-order valence-corrected chi connectivity index (χ3v) is 1.80. The van der Waals surface area contributed by atoms with Gasteiger partial charge >= 0.3 is 0 Å². The Morgan fingerprint density at radius 2 is 2.31 bits per heavy atom. The fourth-order valence-corrected chi connectivity index (χ4v) is 1.09. The van der Waals surface area contributed by atoms with E-state index in [1.807, 2.05) is 13.0 Å². The summed E-state index contributed by atoms with van der Waals surface area (Å²) in [6, 6.07) is 0.162. The maximum absolute atomic E-state index is 5.66. The Bertz CT molecular complexity index is 207. The van der Waals surface area contributed by atoms with Gasteiger partial charge in [0.15, 0.2) is 5.96 Å². The summed E-state index contributed by atoms with van der Waals surface area (Å²) in [6.45, 7) is 8.02. The standard InChI is InChI=1S/C11H23N3O2/c1-4-5-7-16-8-6-13-11(12)14-10(2)9-15-3/h4,10H,1,5-9H2,2-3H3,(H3,12,13,14). The Morgan fingerprint density at radius 3 is 2.94 bits per heavy atom. The molecule has 0 bridgehead atoms. The number of hydrogen-bond acceptors (Lipinski definition) is 3. The van der Waals surface area contributed by atoms with Crippen molar-refractivity contribution in [3.8, 4) is 0 Å². The van der Waals surface area contributed by atoms with Gasteiger partial charge in [-0.3, -0.25) is 4.99 Å². The van der Waals surface area contributed by atoms with Gasteiger partial charge in [-0.05, 0) is 13.3 Å². The predicted octanol–water partition coefficient (Wildman–Crippen LogP) is 0.518. The molecule has 0 aromatic rings. The molecule has 1 atom stereocenters. The summed E-state index contributed by atoms with van der Waals surface area (Å²) in [5.41, 5.74) is 5.66. The summed E-state index contributed by atoms with van der Waals surface area (Å²) in [5, 5.41) is 3.01. The molecule has 5 nitrogen and oxygen atoms in total. The molecule has 0 aliphatic carbocycles. The topological polar surface area (TPSA) is 68.9 Å². The van der Waals surface area contributed by atoms with Crippen molar-refractivity contribution in [3.63, 3.8) is 0 Å². The van der Waals surface area contributed by atoms with Crippen LogP contribution in [-0.2, 0) is 9.47 Å².